The molecule has 2 aromatic heterocycles. The summed E-state index contributed by atoms with van der Waals surface area (Å²) in [6.07, 6.45) is 0. The van der Waals surface area contributed by atoms with Gasteiger partial charge < -0.3 is 5.73 Å². The summed E-state index contributed by atoms with van der Waals surface area (Å²) < 4.78 is 1.84. The number of para-hydroxylation sites is 1. The molecule has 3 rings (SSSR count). The number of benzene rings is 1. The third-order valence-electron chi connectivity index (χ3n) is 2.97. The van der Waals surface area contributed by atoms with E-state index in [9.17, 15) is 0 Å². The Labute approximate surface area is 105 Å². The molecule has 1 aromatic carbocycles. The Bertz CT molecular complexity index is 713. The minimum absolute atomic E-state index is 0.734. The molecule has 3 aromatic rings. The summed E-state index contributed by atoms with van der Waals surface area (Å²) in [6.45, 7) is 3.89. The van der Waals surface area contributed by atoms with Gasteiger partial charge in [0.2, 0.25) is 0 Å². The van der Waals surface area contributed by atoms with E-state index in [1.807, 2.05) is 54.9 Å². The second-order valence-electron chi connectivity index (χ2n) is 4.38. The number of nitrogens with zero attached hydrogens (tertiary/aromatic N) is 3. The van der Waals surface area contributed by atoms with Gasteiger partial charge in [-0.1, -0.05) is 18.2 Å². The highest BCUT2D eigenvalue weighted by atomic mass is 15.3. The summed E-state index contributed by atoms with van der Waals surface area (Å²) in [5, 5.41) is 5.47. The first-order chi connectivity index (χ1) is 8.66. The van der Waals surface area contributed by atoms with Crippen LogP contribution in [-0.4, -0.2) is 14.8 Å². The molecule has 0 amide bonds. The van der Waals surface area contributed by atoms with Crippen molar-refractivity contribution in [2.24, 2.45) is 0 Å². The number of anilines is 1. The SMILES string of the molecule is Cc1cc(N)c2c(C)nn(-c3ccccc3)c2n1. The first-order valence-corrected chi connectivity index (χ1v) is 5.84. The average molecular weight is 238 g/mol. The van der Waals surface area contributed by atoms with E-state index in [4.69, 9.17) is 5.73 Å². The van der Waals surface area contributed by atoms with Crippen molar-refractivity contribution >= 4 is 16.7 Å². The van der Waals surface area contributed by atoms with Crippen molar-refractivity contribution in [3.8, 4) is 5.69 Å². The first-order valence-electron chi connectivity index (χ1n) is 5.84. The highest BCUT2D eigenvalue weighted by molar-refractivity contribution is 5.91. The van der Waals surface area contributed by atoms with Crippen molar-refractivity contribution in [1.82, 2.24) is 14.8 Å². The van der Waals surface area contributed by atoms with Gasteiger partial charge in [0, 0.05) is 11.4 Å². The Balaban J connectivity index is 2.38. The van der Waals surface area contributed by atoms with E-state index >= 15 is 0 Å². The Morgan fingerprint density at radius 3 is 2.56 bits per heavy atom. The number of aryl methyl sites for hydroxylation is 2. The van der Waals surface area contributed by atoms with Crippen LogP contribution in [-0.2, 0) is 0 Å². The van der Waals surface area contributed by atoms with Crippen LogP contribution in [0.3, 0.4) is 0 Å². The number of hydrogen-bond acceptors (Lipinski definition) is 3. The number of hydrogen-bond donors (Lipinski definition) is 1. The molecule has 90 valence electrons. The third kappa shape index (κ3) is 1.54. The van der Waals surface area contributed by atoms with E-state index in [1.54, 1.807) is 0 Å². The van der Waals surface area contributed by atoms with Gasteiger partial charge in [-0.15, -0.1) is 0 Å². The molecule has 0 bridgehead atoms. The van der Waals surface area contributed by atoms with Crippen LogP contribution in [0.5, 0.6) is 0 Å². The van der Waals surface area contributed by atoms with E-state index in [1.165, 1.54) is 0 Å². The molecular weight excluding hydrogens is 224 g/mol. The predicted molar refractivity (Wildman–Crippen MR) is 72.8 cm³/mol. The monoisotopic (exact) mass is 238 g/mol. The van der Waals surface area contributed by atoms with Crippen LogP contribution >= 0.6 is 0 Å². The van der Waals surface area contributed by atoms with Crippen LogP contribution in [0.15, 0.2) is 36.4 Å². The number of nitrogen functional groups attached to an aromatic ring is 1. The molecule has 2 heterocycles. The van der Waals surface area contributed by atoms with E-state index in [-0.39, 0.29) is 0 Å². The Morgan fingerprint density at radius 2 is 1.83 bits per heavy atom. The summed E-state index contributed by atoms with van der Waals surface area (Å²) >= 11 is 0. The molecule has 0 aliphatic rings. The van der Waals surface area contributed by atoms with Gasteiger partial charge in [0.15, 0.2) is 5.65 Å². The highest BCUT2D eigenvalue weighted by Gasteiger charge is 2.13. The lowest BCUT2D eigenvalue weighted by Gasteiger charge is -2.03. The summed E-state index contributed by atoms with van der Waals surface area (Å²) in [5.74, 6) is 0. The zero-order valence-corrected chi connectivity index (χ0v) is 10.4. The van der Waals surface area contributed by atoms with Crippen molar-refractivity contribution in [3.63, 3.8) is 0 Å². The lowest BCUT2D eigenvalue weighted by Crippen LogP contribution is -1.99. The minimum Gasteiger partial charge on any atom is -0.398 e. The van der Waals surface area contributed by atoms with Crippen molar-refractivity contribution in [3.05, 3.63) is 47.8 Å². The molecule has 0 fully saturated rings. The average Bonchev–Trinajstić information content (AvgIpc) is 2.67. The van der Waals surface area contributed by atoms with Crippen molar-refractivity contribution < 1.29 is 0 Å². The first kappa shape index (κ1) is 10.8. The summed E-state index contributed by atoms with van der Waals surface area (Å²) in [7, 11) is 0. The molecule has 0 aliphatic carbocycles. The van der Waals surface area contributed by atoms with Crippen molar-refractivity contribution in [2.75, 3.05) is 5.73 Å². The van der Waals surface area contributed by atoms with Crippen molar-refractivity contribution in [1.29, 1.82) is 0 Å². The number of rotatable bonds is 1. The lowest BCUT2D eigenvalue weighted by molar-refractivity contribution is 0.875. The third-order valence-corrected chi connectivity index (χ3v) is 2.97. The zero-order valence-electron chi connectivity index (χ0n) is 10.4. The molecular formula is C14H14N4. The number of nitrogens with two attached hydrogens (primary N) is 1. The van der Waals surface area contributed by atoms with E-state index in [2.05, 4.69) is 10.1 Å². The molecule has 0 spiro atoms. The maximum Gasteiger partial charge on any atom is 0.165 e. The summed E-state index contributed by atoms with van der Waals surface area (Å²) in [6, 6.07) is 11.8. The Morgan fingerprint density at radius 1 is 1.11 bits per heavy atom. The van der Waals surface area contributed by atoms with Gasteiger partial charge >= 0.3 is 0 Å². The van der Waals surface area contributed by atoms with Gasteiger partial charge in [0.1, 0.15) is 0 Å². The largest absolute Gasteiger partial charge is 0.398 e. The van der Waals surface area contributed by atoms with Crippen LogP contribution < -0.4 is 5.73 Å². The molecule has 2 N–H and O–H groups in total. The second-order valence-corrected chi connectivity index (χ2v) is 4.38. The van der Waals surface area contributed by atoms with Gasteiger partial charge in [-0.25, -0.2) is 9.67 Å². The van der Waals surface area contributed by atoms with Crippen LogP contribution in [0.2, 0.25) is 0 Å². The molecule has 0 radical (unpaired) electrons. The number of pyridine rings is 1. The van der Waals surface area contributed by atoms with Gasteiger partial charge in [0.25, 0.3) is 0 Å². The number of aromatic nitrogens is 3. The molecule has 0 aliphatic heterocycles. The predicted octanol–water partition coefficient (Wildman–Crippen LogP) is 2.62. The smallest absolute Gasteiger partial charge is 0.165 e. The minimum atomic E-state index is 0.734. The molecule has 0 saturated carbocycles. The van der Waals surface area contributed by atoms with Gasteiger partial charge in [-0.2, -0.15) is 5.10 Å². The molecule has 0 atom stereocenters. The van der Waals surface area contributed by atoms with Crippen LogP contribution in [0.4, 0.5) is 5.69 Å². The van der Waals surface area contributed by atoms with E-state index in [0.29, 0.717) is 0 Å². The van der Waals surface area contributed by atoms with Gasteiger partial charge in [-0.3, -0.25) is 0 Å². The maximum absolute atomic E-state index is 6.06. The lowest BCUT2D eigenvalue weighted by atomic mass is 10.2. The number of fused-ring (bicyclic) bond motifs is 1. The Kier molecular flexibility index (Phi) is 2.30. The van der Waals surface area contributed by atoms with Crippen LogP contribution in [0, 0.1) is 13.8 Å². The Hall–Kier alpha value is -2.36. The fourth-order valence-electron chi connectivity index (χ4n) is 2.20. The molecule has 4 heteroatoms. The van der Waals surface area contributed by atoms with Crippen LogP contribution in [0.1, 0.15) is 11.4 Å². The second kappa shape index (κ2) is 3.84. The van der Waals surface area contributed by atoms with E-state index in [0.717, 1.165) is 33.8 Å². The normalized spacial score (nSPS) is 11.0. The van der Waals surface area contributed by atoms with Crippen LogP contribution in [0.25, 0.3) is 16.7 Å². The van der Waals surface area contributed by atoms with Gasteiger partial charge in [0.05, 0.1) is 16.8 Å². The molecule has 0 unspecified atom stereocenters. The fraction of sp³-hybridized carbons (Fsp3) is 0.143. The fourth-order valence-corrected chi connectivity index (χ4v) is 2.20. The highest BCUT2D eigenvalue weighted by Crippen LogP contribution is 2.25. The topological polar surface area (TPSA) is 56.7 Å². The van der Waals surface area contributed by atoms with Crippen molar-refractivity contribution in [2.45, 2.75) is 13.8 Å². The zero-order chi connectivity index (χ0) is 12.7. The maximum atomic E-state index is 6.06. The molecule has 18 heavy (non-hydrogen) atoms. The standard InChI is InChI=1S/C14H14N4/c1-9-8-12(15)13-10(2)17-18(14(13)16-9)11-6-4-3-5-7-11/h3-8H,1-2H3,(H2,15,16). The quantitative estimate of drug-likeness (QED) is 0.709. The summed E-state index contributed by atoms with van der Waals surface area (Å²) in [4.78, 5) is 4.55. The van der Waals surface area contributed by atoms with E-state index < -0.39 is 0 Å². The summed E-state index contributed by atoms with van der Waals surface area (Å²) in [5.41, 5.74) is 10.4. The molecule has 4 nitrogen and oxygen atoms in total. The molecule has 0 saturated heterocycles. The van der Waals surface area contributed by atoms with Gasteiger partial charge in [-0.05, 0) is 32.0 Å².